The summed E-state index contributed by atoms with van der Waals surface area (Å²) in [5.74, 6) is 0.131. The molecule has 0 radical (unpaired) electrons. The fraction of sp³-hybridized carbons (Fsp3) is 0.462. The van der Waals surface area contributed by atoms with Crippen molar-refractivity contribution in [2.24, 2.45) is 5.73 Å². The molecule has 1 amide bonds. The molecule has 1 aliphatic rings. The molecule has 1 atom stereocenters. The van der Waals surface area contributed by atoms with E-state index in [1.807, 2.05) is 30.0 Å². The number of nitrogens with zero attached hydrogens (tertiary/aromatic N) is 1. The number of likely N-dealkylation sites (tertiary alicyclic amines) is 1. The predicted octanol–water partition coefficient (Wildman–Crippen LogP) is 2.16. The highest BCUT2D eigenvalue weighted by atomic mass is 127. The van der Waals surface area contributed by atoms with E-state index in [1.54, 1.807) is 0 Å². The first kappa shape index (κ1) is 12.8. The largest absolute Gasteiger partial charge is 0.334 e. The number of carbonyl (C=O) groups excluding carboxylic acids is 1. The Kier molecular flexibility index (Phi) is 4.04. The van der Waals surface area contributed by atoms with Crippen LogP contribution in [0.4, 0.5) is 0 Å². The minimum atomic E-state index is 0.131. The van der Waals surface area contributed by atoms with Crippen LogP contribution in [0.1, 0.15) is 28.8 Å². The third-order valence-electron chi connectivity index (χ3n) is 3.26. The van der Waals surface area contributed by atoms with E-state index < -0.39 is 0 Å². The average Bonchev–Trinajstić information content (AvgIpc) is 2.79. The quantitative estimate of drug-likeness (QED) is 0.836. The summed E-state index contributed by atoms with van der Waals surface area (Å²) in [6, 6.07) is 6.22. The summed E-state index contributed by atoms with van der Waals surface area (Å²) in [7, 11) is 0. The Balaban J connectivity index is 2.27. The molecule has 2 rings (SSSR count). The lowest BCUT2D eigenvalue weighted by Gasteiger charge is -2.24. The predicted molar refractivity (Wildman–Crippen MR) is 77.0 cm³/mol. The molecule has 0 aliphatic carbocycles. The third-order valence-corrected chi connectivity index (χ3v) is 4.20. The fourth-order valence-electron chi connectivity index (χ4n) is 2.31. The summed E-state index contributed by atoms with van der Waals surface area (Å²) in [4.78, 5) is 14.4. The lowest BCUT2D eigenvalue weighted by Crippen LogP contribution is -2.40. The molecule has 0 bridgehead atoms. The molecule has 2 N–H and O–H groups in total. The maximum atomic E-state index is 12.5. The Hall–Kier alpha value is -0.620. The summed E-state index contributed by atoms with van der Waals surface area (Å²) in [6.07, 6.45) is 2.10. The van der Waals surface area contributed by atoms with Gasteiger partial charge >= 0.3 is 0 Å². The summed E-state index contributed by atoms with van der Waals surface area (Å²) >= 11 is 2.22. The molecular formula is C13H17IN2O. The zero-order valence-corrected chi connectivity index (χ0v) is 12.1. The Morgan fingerprint density at radius 2 is 2.35 bits per heavy atom. The summed E-state index contributed by atoms with van der Waals surface area (Å²) in [6.45, 7) is 3.41. The van der Waals surface area contributed by atoms with Crippen LogP contribution in [0.2, 0.25) is 0 Å². The molecule has 1 aromatic carbocycles. The number of benzene rings is 1. The molecule has 0 spiro atoms. The van der Waals surface area contributed by atoms with Crippen LogP contribution < -0.4 is 5.73 Å². The Morgan fingerprint density at radius 1 is 1.59 bits per heavy atom. The van der Waals surface area contributed by atoms with Crippen LogP contribution in [0.15, 0.2) is 18.2 Å². The molecule has 0 aromatic heterocycles. The van der Waals surface area contributed by atoms with Crippen LogP contribution in [0.25, 0.3) is 0 Å². The highest BCUT2D eigenvalue weighted by Gasteiger charge is 2.29. The van der Waals surface area contributed by atoms with Gasteiger partial charge in [0.2, 0.25) is 0 Å². The second kappa shape index (κ2) is 5.35. The second-order valence-electron chi connectivity index (χ2n) is 4.51. The molecule has 1 aliphatic heterocycles. The van der Waals surface area contributed by atoms with Crippen molar-refractivity contribution in [3.63, 3.8) is 0 Å². The van der Waals surface area contributed by atoms with Gasteiger partial charge in [0.1, 0.15) is 0 Å². The van der Waals surface area contributed by atoms with E-state index in [9.17, 15) is 4.79 Å². The Labute approximate surface area is 116 Å². The molecule has 1 saturated heterocycles. The van der Waals surface area contributed by atoms with E-state index in [0.29, 0.717) is 6.54 Å². The van der Waals surface area contributed by atoms with Gasteiger partial charge in [-0.05, 0) is 54.5 Å². The normalized spacial score (nSPS) is 19.7. The van der Waals surface area contributed by atoms with Crippen molar-refractivity contribution in [1.29, 1.82) is 0 Å². The topological polar surface area (TPSA) is 46.3 Å². The molecular weight excluding hydrogens is 327 g/mol. The highest BCUT2D eigenvalue weighted by molar-refractivity contribution is 14.1. The van der Waals surface area contributed by atoms with E-state index >= 15 is 0 Å². The summed E-state index contributed by atoms with van der Waals surface area (Å²) < 4.78 is 1.01. The maximum Gasteiger partial charge on any atom is 0.255 e. The van der Waals surface area contributed by atoms with Crippen molar-refractivity contribution in [1.82, 2.24) is 4.90 Å². The summed E-state index contributed by atoms with van der Waals surface area (Å²) in [5.41, 5.74) is 7.65. The number of hydrogen-bond donors (Lipinski definition) is 1. The lowest BCUT2D eigenvalue weighted by molar-refractivity contribution is 0.0740. The van der Waals surface area contributed by atoms with Crippen LogP contribution >= 0.6 is 22.6 Å². The van der Waals surface area contributed by atoms with Gasteiger partial charge in [-0.2, -0.15) is 0 Å². The molecule has 3 nitrogen and oxygen atoms in total. The maximum absolute atomic E-state index is 12.5. The number of hydrogen-bond acceptors (Lipinski definition) is 2. The van der Waals surface area contributed by atoms with Gasteiger partial charge in [-0.15, -0.1) is 0 Å². The number of rotatable bonds is 2. The monoisotopic (exact) mass is 344 g/mol. The average molecular weight is 344 g/mol. The first-order valence-corrected chi connectivity index (χ1v) is 6.98. The number of aryl methyl sites for hydroxylation is 1. The van der Waals surface area contributed by atoms with Gasteiger partial charge in [-0.3, -0.25) is 4.79 Å². The van der Waals surface area contributed by atoms with Crippen molar-refractivity contribution in [2.45, 2.75) is 25.8 Å². The smallest absolute Gasteiger partial charge is 0.255 e. The number of carbonyl (C=O) groups is 1. The van der Waals surface area contributed by atoms with Crippen molar-refractivity contribution in [2.75, 3.05) is 13.1 Å². The van der Waals surface area contributed by atoms with Gasteiger partial charge < -0.3 is 10.6 Å². The van der Waals surface area contributed by atoms with E-state index in [-0.39, 0.29) is 11.9 Å². The van der Waals surface area contributed by atoms with Gasteiger partial charge in [-0.1, -0.05) is 11.6 Å². The molecule has 17 heavy (non-hydrogen) atoms. The molecule has 1 fully saturated rings. The Morgan fingerprint density at radius 3 is 3.06 bits per heavy atom. The molecule has 0 saturated carbocycles. The van der Waals surface area contributed by atoms with Crippen LogP contribution in [0.5, 0.6) is 0 Å². The first-order valence-electron chi connectivity index (χ1n) is 5.90. The zero-order chi connectivity index (χ0) is 12.4. The highest BCUT2D eigenvalue weighted by Crippen LogP contribution is 2.22. The van der Waals surface area contributed by atoms with Gasteiger partial charge in [-0.25, -0.2) is 0 Å². The van der Waals surface area contributed by atoms with Crippen LogP contribution in [-0.4, -0.2) is 29.9 Å². The standard InChI is InChI=1S/C13H17IN2O/c1-9-4-5-12(14)11(7-9)13(17)16-6-2-3-10(16)8-15/h4-5,7,10H,2-3,6,8,15H2,1H3. The van der Waals surface area contributed by atoms with Gasteiger partial charge in [0.15, 0.2) is 0 Å². The molecule has 1 aromatic rings. The lowest BCUT2D eigenvalue weighted by atomic mass is 10.1. The molecule has 92 valence electrons. The minimum Gasteiger partial charge on any atom is -0.334 e. The Bertz CT molecular complexity index is 433. The van der Waals surface area contributed by atoms with Crippen molar-refractivity contribution in [3.05, 3.63) is 32.9 Å². The molecule has 1 unspecified atom stereocenters. The van der Waals surface area contributed by atoms with Crippen LogP contribution in [0.3, 0.4) is 0 Å². The zero-order valence-electron chi connectivity index (χ0n) is 9.95. The van der Waals surface area contributed by atoms with E-state index in [2.05, 4.69) is 22.6 Å². The fourth-order valence-corrected chi connectivity index (χ4v) is 2.87. The van der Waals surface area contributed by atoms with Crippen molar-refractivity contribution < 1.29 is 4.79 Å². The molecule has 4 heteroatoms. The van der Waals surface area contributed by atoms with E-state index in [4.69, 9.17) is 5.73 Å². The van der Waals surface area contributed by atoms with Crippen LogP contribution in [-0.2, 0) is 0 Å². The third kappa shape index (κ3) is 2.63. The van der Waals surface area contributed by atoms with E-state index in [0.717, 1.165) is 34.1 Å². The summed E-state index contributed by atoms with van der Waals surface area (Å²) in [5, 5.41) is 0. The number of nitrogens with two attached hydrogens (primary N) is 1. The molecule has 1 heterocycles. The van der Waals surface area contributed by atoms with Crippen molar-refractivity contribution in [3.8, 4) is 0 Å². The SMILES string of the molecule is Cc1ccc(I)c(C(=O)N2CCCC2CN)c1. The van der Waals surface area contributed by atoms with Crippen molar-refractivity contribution >= 4 is 28.5 Å². The van der Waals surface area contributed by atoms with E-state index in [1.165, 1.54) is 0 Å². The minimum absolute atomic E-state index is 0.131. The second-order valence-corrected chi connectivity index (χ2v) is 5.68. The first-order chi connectivity index (χ1) is 8.13. The van der Waals surface area contributed by atoms with Gasteiger partial charge in [0.05, 0.1) is 5.56 Å². The van der Waals surface area contributed by atoms with Gasteiger partial charge in [0, 0.05) is 22.7 Å². The number of halogens is 1. The van der Waals surface area contributed by atoms with Gasteiger partial charge in [0.25, 0.3) is 5.91 Å². The number of amides is 1. The van der Waals surface area contributed by atoms with Crippen LogP contribution in [0, 0.1) is 10.5 Å².